The van der Waals surface area contributed by atoms with Gasteiger partial charge in [-0.05, 0) is 37.7 Å². The minimum Gasteiger partial charge on any atom is -0.380 e. The molecule has 4 aliphatic heterocycles. The number of nitrogens with zero attached hydrogens (tertiary/aromatic N) is 2. The van der Waals surface area contributed by atoms with Crippen molar-refractivity contribution in [1.29, 1.82) is 0 Å². The molecule has 5 amide bonds. The third-order valence-corrected chi connectivity index (χ3v) is 13.2. The van der Waals surface area contributed by atoms with Crippen LogP contribution in [0.1, 0.15) is 69.8 Å². The Morgan fingerprint density at radius 3 is 2.50 bits per heavy atom. The van der Waals surface area contributed by atoms with Crippen molar-refractivity contribution in [3.8, 4) is 0 Å². The van der Waals surface area contributed by atoms with Crippen LogP contribution in [0.5, 0.6) is 0 Å². The quantitative estimate of drug-likeness (QED) is 0.117. The molecule has 3 atom stereocenters. The molecule has 0 bridgehead atoms. The molecule has 4 fully saturated rings. The number of amides is 5. The van der Waals surface area contributed by atoms with Gasteiger partial charge < -0.3 is 20.7 Å². The van der Waals surface area contributed by atoms with E-state index in [1.165, 1.54) is 9.21 Å². The SMILES string of the molecule is O=C(CCCC[C@@H]1SC[C@@H]2NC(=O)N[C@@H]21)CCCOCCNC(=O)CCS(=O)(=O)N1CCC2(CC1)CC(=O)N(Cc1ccccc1)C2=O. The summed E-state index contributed by atoms with van der Waals surface area (Å²) in [6.45, 7) is 1.40. The first-order valence-corrected chi connectivity index (χ1v) is 19.6. The summed E-state index contributed by atoms with van der Waals surface area (Å²) in [4.78, 5) is 63.2. The fraction of sp³-hybridized carbons (Fsp3) is 0.667. The topological polar surface area (TPSA) is 171 Å². The van der Waals surface area contributed by atoms with Crippen molar-refractivity contribution in [3.05, 3.63) is 35.9 Å². The first kappa shape index (κ1) is 36.3. The Morgan fingerprint density at radius 2 is 1.73 bits per heavy atom. The third-order valence-electron chi connectivity index (χ3n) is 9.78. The smallest absolute Gasteiger partial charge is 0.315 e. The van der Waals surface area contributed by atoms with Gasteiger partial charge in [-0.25, -0.2) is 17.5 Å². The van der Waals surface area contributed by atoms with E-state index >= 15 is 0 Å². The predicted molar refractivity (Wildman–Crippen MR) is 180 cm³/mol. The fourth-order valence-electron chi connectivity index (χ4n) is 6.98. The molecule has 264 valence electrons. The predicted octanol–water partition coefficient (Wildman–Crippen LogP) is 1.96. The number of sulfonamides is 1. The number of imide groups is 1. The number of thioether (sulfide) groups is 1. The lowest BCUT2D eigenvalue weighted by Gasteiger charge is -2.36. The van der Waals surface area contributed by atoms with Crippen LogP contribution in [0.15, 0.2) is 30.3 Å². The summed E-state index contributed by atoms with van der Waals surface area (Å²) >= 11 is 1.88. The molecular weight excluding hydrogens is 659 g/mol. The van der Waals surface area contributed by atoms with Crippen LogP contribution >= 0.6 is 11.8 Å². The summed E-state index contributed by atoms with van der Waals surface area (Å²) in [7, 11) is -3.71. The summed E-state index contributed by atoms with van der Waals surface area (Å²) in [5.41, 5.74) is -0.0000323. The second-order valence-corrected chi connectivity index (χ2v) is 16.5. The lowest BCUT2D eigenvalue weighted by Crippen LogP contribution is -2.47. The number of hydrogen-bond acceptors (Lipinski definition) is 9. The maximum atomic E-state index is 13.2. The molecule has 0 saturated carbocycles. The number of likely N-dealkylation sites (tertiary alicyclic amines) is 1. The number of fused-ring (bicyclic) bond motifs is 1. The van der Waals surface area contributed by atoms with Gasteiger partial charge >= 0.3 is 6.03 Å². The number of urea groups is 1. The van der Waals surface area contributed by atoms with Gasteiger partial charge in [0.15, 0.2) is 0 Å². The average Bonchev–Trinajstić information content (AvgIpc) is 3.69. The molecule has 1 aromatic carbocycles. The van der Waals surface area contributed by atoms with Gasteiger partial charge in [0.25, 0.3) is 0 Å². The number of ether oxygens (including phenoxy) is 1. The zero-order valence-electron chi connectivity index (χ0n) is 27.3. The van der Waals surface area contributed by atoms with E-state index < -0.39 is 21.3 Å². The second kappa shape index (κ2) is 16.6. The maximum Gasteiger partial charge on any atom is 0.315 e. The molecular formula is C33H47N5O8S2. The number of hydrogen-bond donors (Lipinski definition) is 3. The molecule has 0 aromatic heterocycles. The Kier molecular flexibility index (Phi) is 12.5. The number of nitrogens with one attached hydrogen (secondary N) is 3. The van der Waals surface area contributed by atoms with Gasteiger partial charge in [-0.3, -0.25) is 24.1 Å². The molecule has 1 aromatic rings. The van der Waals surface area contributed by atoms with Gasteiger partial charge in [0.05, 0.1) is 36.4 Å². The van der Waals surface area contributed by atoms with Crippen LogP contribution in [0.2, 0.25) is 0 Å². The number of ketones is 1. The lowest BCUT2D eigenvalue weighted by atomic mass is 9.77. The molecule has 0 aliphatic carbocycles. The highest BCUT2D eigenvalue weighted by Crippen LogP contribution is 2.43. The molecule has 5 rings (SSSR count). The van der Waals surface area contributed by atoms with Crippen molar-refractivity contribution in [2.75, 3.05) is 44.4 Å². The summed E-state index contributed by atoms with van der Waals surface area (Å²) in [6.07, 6.45) is 4.83. The average molecular weight is 706 g/mol. The van der Waals surface area contributed by atoms with Gasteiger partial charge in [0, 0.05) is 62.9 Å². The van der Waals surface area contributed by atoms with E-state index in [4.69, 9.17) is 4.74 Å². The zero-order chi connectivity index (χ0) is 34.1. The summed E-state index contributed by atoms with van der Waals surface area (Å²) in [6, 6.07) is 9.63. The Morgan fingerprint density at radius 1 is 0.979 bits per heavy atom. The molecule has 1 spiro atoms. The second-order valence-electron chi connectivity index (χ2n) is 13.2. The van der Waals surface area contributed by atoms with Gasteiger partial charge in [-0.15, -0.1) is 0 Å². The lowest BCUT2D eigenvalue weighted by molar-refractivity contribution is -0.143. The van der Waals surface area contributed by atoms with Crippen molar-refractivity contribution in [2.24, 2.45) is 5.41 Å². The van der Waals surface area contributed by atoms with E-state index in [-0.39, 0.29) is 99.9 Å². The van der Waals surface area contributed by atoms with E-state index in [1.807, 2.05) is 42.1 Å². The van der Waals surface area contributed by atoms with Crippen LogP contribution in [-0.4, -0.2) is 109 Å². The van der Waals surface area contributed by atoms with E-state index in [2.05, 4.69) is 16.0 Å². The standard InChI is InChI=1S/C33H47N5O8S2/c39-25(9-4-5-11-27-30-26(23-47-27)35-32(43)36-30)10-6-18-46-19-15-34-28(40)12-20-48(44,45)37-16-13-33(14-17-37)21-29(41)38(31(33)42)22-24-7-2-1-3-8-24/h1-3,7-8,26-27,30H,4-6,9-23H2,(H,34,40)(H2,35,36,43)/t26-,27-,30-/m0/s1. The van der Waals surface area contributed by atoms with Gasteiger partial charge in [-0.1, -0.05) is 36.8 Å². The largest absolute Gasteiger partial charge is 0.380 e. The molecule has 0 radical (unpaired) electrons. The molecule has 4 saturated heterocycles. The highest BCUT2D eigenvalue weighted by Gasteiger charge is 2.53. The van der Waals surface area contributed by atoms with E-state index in [1.54, 1.807) is 0 Å². The first-order chi connectivity index (χ1) is 23.1. The third kappa shape index (κ3) is 9.36. The van der Waals surface area contributed by atoms with Crippen LogP contribution in [0, 0.1) is 5.41 Å². The molecule has 4 heterocycles. The number of piperidine rings is 1. The Bertz CT molecular complexity index is 1430. The molecule has 48 heavy (non-hydrogen) atoms. The van der Waals surface area contributed by atoms with Crippen molar-refractivity contribution in [1.82, 2.24) is 25.2 Å². The van der Waals surface area contributed by atoms with Gasteiger partial charge in [-0.2, -0.15) is 11.8 Å². The number of rotatable bonds is 18. The number of benzene rings is 1. The van der Waals surface area contributed by atoms with Gasteiger partial charge in [0.2, 0.25) is 27.7 Å². The first-order valence-electron chi connectivity index (χ1n) is 17.0. The van der Waals surface area contributed by atoms with Crippen molar-refractivity contribution in [3.63, 3.8) is 0 Å². The van der Waals surface area contributed by atoms with Crippen LogP contribution in [0.4, 0.5) is 4.79 Å². The van der Waals surface area contributed by atoms with Crippen LogP contribution < -0.4 is 16.0 Å². The maximum absolute atomic E-state index is 13.2. The van der Waals surface area contributed by atoms with Crippen LogP contribution in [-0.2, 0) is 40.5 Å². The molecule has 4 aliphatic rings. The molecule has 15 heteroatoms. The normalized spacial score (nSPS) is 23.7. The number of carbonyl (C=O) groups is 5. The van der Waals surface area contributed by atoms with Crippen LogP contribution in [0.3, 0.4) is 0 Å². The number of carbonyl (C=O) groups excluding carboxylic acids is 5. The summed E-state index contributed by atoms with van der Waals surface area (Å²) < 4.78 is 32.8. The Labute approximate surface area is 286 Å². The minimum absolute atomic E-state index is 0.0826. The van der Waals surface area contributed by atoms with E-state index in [9.17, 15) is 32.4 Å². The minimum atomic E-state index is -3.71. The molecule has 3 N–H and O–H groups in total. The zero-order valence-corrected chi connectivity index (χ0v) is 29.0. The van der Waals surface area contributed by atoms with Crippen molar-refractivity contribution < 1.29 is 37.1 Å². The van der Waals surface area contributed by atoms with Crippen LogP contribution in [0.25, 0.3) is 0 Å². The van der Waals surface area contributed by atoms with Crippen molar-refractivity contribution in [2.45, 2.75) is 88.1 Å². The molecule has 0 unspecified atom stereocenters. The highest BCUT2D eigenvalue weighted by molar-refractivity contribution is 8.00. The monoisotopic (exact) mass is 705 g/mol. The fourth-order valence-corrected chi connectivity index (χ4v) is 9.96. The summed E-state index contributed by atoms with van der Waals surface area (Å²) in [5.74, 6) is -0.0473. The van der Waals surface area contributed by atoms with Gasteiger partial charge in [0.1, 0.15) is 5.78 Å². The highest BCUT2D eigenvalue weighted by atomic mass is 32.2. The number of unbranched alkanes of at least 4 members (excludes halogenated alkanes) is 1. The van der Waals surface area contributed by atoms with E-state index in [0.717, 1.165) is 30.6 Å². The Balaban J connectivity index is 0.882. The Hall–Kier alpha value is -3.01. The number of Topliss-reactive ketones (excluding diaryl/α,β-unsaturated/α-hetero) is 1. The van der Waals surface area contributed by atoms with Crippen molar-refractivity contribution >= 4 is 51.3 Å². The molecule has 13 nitrogen and oxygen atoms in total. The summed E-state index contributed by atoms with van der Waals surface area (Å²) in [5, 5.41) is 9.01. The van der Waals surface area contributed by atoms with E-state index in [0.29, 0.717) is 31.1 Å².